The fourth-order valence-electron chi connectivity index (χ4n) is 5.23. The Morgan fingerprint density at radius 1 is 1.07 bits per heavy atom. The largest absolute Gasteiger partial charge is 0.481 e. The van der Waals surface area contributed by atoms with Crippen LogP contribution in [0.2, 0.25) is 0 Å². The van der Waals surface area contributed by atoms with Crippen molar-refractivity contribution in [1.29, 1.82) is 0 Å². The molecular formula is C32H39N3O5. The van der Waals surface area contributed by atoms with Gasteiger partial charge >= 0.3 is 5.97 Å². The molecule has 2 aromatic heterocycles. The number of oxazole rings is 1. The number of nitrogens with one attached hydrogen (secondary N) is 1. The summed E-state index contributed by atoms with van der Waals surface area (Å²) in [6.45, 7) is 0.625. The van der Waals surface area contributed by atoms with Gasteiger partial charge in [-0.05, 0) is 93.0 Å². The Morgan fingerprint density at radius 2 is 1.88 bits per heavy atom. The zero-order chi connectivity index (χ0) is 28.2. The maximum absolute atomic E-state index is 12.6. The number of carboxylic acids is 1. The molecule has 0 radical (unpaired) electrons. The molecule has 0 unspecified atom stereocenters. The van der Waals surface area contributed by atoms with Crippen molar-refractivity contribution in [1.82, 2.24) is 15.3 Å². The highest BCUT2D eigenvalue weighted by molar-refractivity contribution is 5.92. The number of hydrogen-bond acceptors (Lipinski definition) is 6. The van der Waals surface area contributed by atoms with Crippen molar-refractivity contribution < 1.29 is 23.8 Å². The summed E-state index contributed by atoms with van der Waals surface area (Å²) in [6, 6.07) is 11.7. The van der Waals surface area contributed by atoms with Crippen molar-refractivity contribution >= 4 is 17.4 Å². The number of pyridine rings is 1. The molecule has 2 heterocycles. The van der Waals surface area contributed by atoms with E-state index >= 15 is 0 Å². The number of aliphatic carboxylic acids is 1. The number of carbonyl (C=O) groups is 2. The van der Waals surface area contributed by atoms with Crippen molar-refractivity contribution in [3.63, 3.8) is 0 Å². The van der Waals surface area contributed by atoms with Crippen LogP contribution < -0.4 is 5.32 Å². The van der Waals surface area contributed by atoms with Crippen LogP contribution in [0.5, 0.6) is 0 Å². The molecule has 4 rings (SSSR count). The summed E-state index contributed by atoms with van der Waals surface area (Å²) in [5, 5.41) is 11.8. The van der Waals surface area contributed by atoms with Gasteiger partial charge in [0, 0.05) is 43.6 Å². The van der Waals surface area contributed by atoms with Crippen LogP contribution in [0.3, 0.4) is 0 Å². The lowest BCUT2D eigenvalue weighted by Gasteiger charge is -2.27. The topological polar surface area (TPSA) is 115 Å². The molecule has 212 valence electrons. The molecule has 0 spiro atoms. The molecule has 40 heavy (non-hydrogen) atoms. The number of allylic oxidation sites excluding steroid dienone is 1. The van der Waals surface area contributed by atoms with Crippen molar-refractivity contribution in [2.75, 3.05) is 13.7 Å². The normalized spacial score (nSPS) is 17.5. The molecule has 1 aliphatic rings. The lowest BCUT2D eigenvalue weighted by molar-refractivity contribution is -0.137. The molecule has 0 atom stereocenters. The molecular weight excluding hydrogens is 506 g/mol. The minimum Gasteiger partial charge on any atom is -0.481 e. The molecule has 8 heteroatoms. The highest BCUT2D eigenvalue weighted by atomic mass is 16.5. The van der Waals surface area contributed by atoms with Gasteiger partial charge in [-0.2, -0.15) is 0 Å². The molecule has 3 aromatic rings. The third kappa shape index (κ3) is 8.61. The van der Waals surface area contributed by atoms with Gasteiger partial charge in [-0.15, -0.1) is 0 Å². The highest BCUT2D eigenvalue weighted by Gasteiger charge is 2.20. The predicted molar refractivity (Wildman–Crippen MR) is 154 cm³/mol. The van der Waals surface area contributed by atoms with E-state index in [0.29, 0.717) is 25.0 Å². The Morgan fingerprint density at radius 3 is 2.58 bits per heavy atom. The average Bonchev–Trinajstić information content (AvgIpc) is 3.48. The van der Waals surface area contributed by atoms with Crippen LogP contribution in [-0.2, 0) is 9.53 Å². The summed E-state index contributed by atoms with van der Waals surface area (Å²) in [5.41, 5.74) is 4.09. The number of methoxy groups -OCH3 is 1. The van der Waals surface area contributed by atoms with Crippen LogP contribution >= 0.6 is 0 Å². The van der Waals surface area contributed by atoms with Crippen molar-refractivity contribution in [3.8, 4) is 11.5 Å². The maximum atomic E-state index is 12.6. The molecule has 1 aromatic carbocycles. The van der Waals surface area contributed by atoms with E-state index in [9.17, 15) is 9.59 Å². The summed E-state index contributed by atoms with van der Waals surface area (Å²) < 4.78 is 11.1. The zero-order valence-electron chi connectivity index (χ0n) is 23.2. The van der Waals surface area contributed by atoms with Gasteiger partial charge in [-0.25, -0.2) is 4.98 Å². The summed E-state index contributed by atoms with van der Waals surface area (Å²) in [4.78, 5) is 32.1. The smallest absolute Gasteiger partial charge is 0.303 e. The van der Waals surface area contributed by atoms with E-state index in [1.807, 2.05) is 42.6 Å². The van der Waals surface area contributed by atoms with Gasteiger partial charge in [0.1, 0.15) is 6.26 Å². The number of rotatable bonds is 14. The summed E-state index contributed by atoms with van der Waals surface area (Å²) >= 11 is 0. The Balaban J connectivity index is 1.31. The third-order valence-electron chi connectivity index (χ3n) is 7.55. The number of carbonyl (C=O) groups excluding carboxylic acids is 1. The molecule has 1 amide bonds. The van der Waals surface area contributed by atoms with E-state index in [0.717, 1.165) is 66.7 Å². The minimum atomic E-state index is -0.768. The first kappa shape index (κ1) is 29.2. The number of amides is 1. The van der Waals surface area contributed by atoms with Gasteiger partial charge in [-0.3, -0.25) is 14.6 Å². The molecule has 1 saturated carbocycles. The first-order chi connectivity index (χ1) is 19.5. The predicted octanol–water partition coefficient (Wildman–Crippen LogP) is 6.53. The van der Waals surface area contributed by atoms with Crippen LogP contribution in [0.4, 0.5) is 0 Å². The third-order valence-corrected chi connectivity index (χ3v) is 7.55. The average molecular weight is 546 g/mol. The molecule has 0 bridgehead atoms. The molecule has 8 nitrogen and oxygen atoms in total. The fraction of sp³-hybridized carbons (Fsp3) is 0.438. The molecule has 2 N–H and O–H groups in total. The SMILES string of the molecule is CO[C@H]1CC[C@@H](CCCNC(=O)c2coc(-c3ccc(/C(=C\CCCCC(=O)O)c4cccnc4)cc3)n2)CC1. The molecule has 1 fully saturated rings. The van der Waals surface area contributed by atoms with Crippen molar-refractivity contribution in [2.24, 2.45) is 5.92 Å². The quantitative estimate of drug-likeness (QED) is 0.221. The maximum Gasteiger partial charge on any atom is 0.303 e. The van der Waals surface area contributed by atoms with Crippen LogP contribution in [-0.4, -0.2) is 46.7 Å². The number of benzene rings is 1. The first-order valence-electron chi connectivity index (χ1n) is 14.2. The Hall–Kier alpha value is -3.78. The van der Waals surface area contributed by atoms with E-state index in [4.69, 9.17) is 14.3 Å². The first-order valence-corrected chi connectivity index (χ1v) is 14.2. The lowest BCUT2D eigenvalue weighted by atomic mass is 9.84. The lowest BCUT2D eigenvalue weighted by Crippen LogP contribution is -2.26. The summed E-state index contributed by atoms with van der Waals surface area (Å²) in [5.74, 6) is 0.122. The van der Waals surface area contributed by atoms with Crippen LogP contribution in [0.1, 0.15) is 85.8 Å². The Labute approximate surface area is 235 Å². The molecule has 0 saturated heterocycles. The van der Waals surface area contributed by atoms with Gasteiger partial charge in [0.15, 0.2) is 5.69 Å². The minimum absolute atomic E-state index is 0.178. The van der Waals surface area contributed by atoms with Crippen LogP contribution in [0.25, 0.3) is 17.0 Å². The molecule has 1 aliphatic carbocycles. The zero-order valence-corrected chi connectivity index (χ0v) is 23.2. The van der Waals surface area contributed by atoms with Crippen LogP contribution in [0.15, 0.2) is 65.5 Å². The van der Waals surface area contributed by atoms with E-state index in [1.54, 1.807) is 13.3 Å². The van der Waals surface area contributed by atoms with Crippen molar-refractivity contribution in [2.45, 2.75) is 70.3 Å². The Bertz CT molecular complexity index is 1250. The van der Waals surface area contributed by atoms with E-state index < -0.39 is 5.97 Å². The van der Waals surface area contributed by atoms with Gasteiger partial charge in [0.25, 0.3) is 5.91 Å². The van der Waals surface area contributed by atoms with Gasteiger partial charge in [0.2, 0.25) is 5.89 Å². The van der Waals surface area contributed by atoms with Crippen LogP contribution in [0, 0.1) is 5.92 Å². The van der Waals surface area contributed by atoms with Gasteiger partial charge in [-0.1, -0.05) is 24.3 Å². The number of nitrogens with zero attached hydrogens (tertiary/aromatic N) is 2. The van der Waals surface area contributed by atoms with E-state index in [-0.39, 0.29) is 18.0 Å². The highest BCUT2D eigenvalue weighted by Crippen LogP contribution is 2.29. The number of aromatic nitrogens is 2. The van der Waals surface area contributed by atoms with Crippen molar-refractivity contribution in [3.05, 3.63) is 78.0 Å². The number of carboxylic acid groups (broad SMARTS) is 1. The number of hydrogen-bond donors (Lipinski definition) is 2. The second-order valence-corrected chi connectivity index (χ2v) is 10.4. The fourth-order valence-corrected chi connectivity index (χ4v) is 5.23. The van der Waals surface area contributed by atoms with E-state index in [2.05, 4.69) is 21.4 Å². The second kappa shape index (κ2) is 15.1. The monoisotopic (exact) mass is 545 g/mol. The van der Waals surface area contributed by atoms with Gasteiger partial charge < -0.3 is 19.6 Å². The summed E-state index contributed by atoms with van der Waals surface area (Å²) in [6.07, 6.45) is 16.6. The van der Waals surface area contributed by atoms with Gasteiger partial charge in [0.05, 0.1) is 6.10 Å². The number of unbranched alkanes of at least 4 members (excludes halogenated alkanes) is 2. The second-order valence-electron chi connectivity index (χ2n) is 10.4. The molecule has 0 aliphatic heterocycles. The van der Waals surface area contributed by atoms with E-state index in [1.165, 1.54) is 19.1 Å². The summed E-state index contributed by atoms with van der Waals surface area (Å²) in [7, 11) is 1.79. The Kier molecular flexibility index (Phi) is 11.0. The number of ether oxygens (including phenoxy) is 1. The standard InChI is InChI=1S/C32H39N3O5/c1-39-27-17-11-23(12-18-27)7-5-20-34-31(38)29-22-40-32(35-29)25-15-13-24(14-16-25)28(26-8-6-19-33-21-26)9-3-2-4-10-30(36)37/h6,8-9,13-16,19,21-23,27H,2-5,7,10-12,17-18,20H2,1H3,(H,34,38)(H,36,37)/b28-9+/t23-,27+.